The highest BCUT2D eigenvalue weighted by Gasteiger charge is 2.30. The molecule has 2 amide bonds. The van der Waals surface area contributed by atoms with Crippen molar-refractivity contribution in [3.8, 4) is 0 Å². The van der Waals surface area contributed by atoms with Crippen molar-refractivity contribution in [1.29, 1.82) is 0 Å². The van der Waals surface area contributed by atoms with Gasteiger partial charge >= 0.3 is 18.0 Å². The third kappa shape index (κ3) is 4.79. The molecule has 1 aromatic heterocycles. The van der Waals surface area contributed by atoms with Gasteiger partial charge in [0.2, 0.25) is 0 Å². The van der Waals surface area contributed by atoms with Gasteiger partial charge in [-0.05, 0) is 30.2 Å². The van der Waals surface area contributed by atoms with Crippen LogP contribution in [0.3, 0.4) is 0 Å². The summed E-state index contributed by atoms with van der Waals surface area (Å²) >= 11 is 0. The summed E-state index contributed by atoms with van der Waals surface area (Å²) in [7, 11) is 0. The van der Waals surface area contributed by atoms with Crippen LogP contribution in [0.5, 0.6) is 0 Å². The Morgan fingerprint density at radius 3 is 2.32 bits per heavy atom. The molecule has 1 heterocycles. The van der Waals surface area contributed by atoms with Crippen molar-refractivity contribution >= 4 is 11.8 Å². The molecule has 2 rings (SSSR count). The van der Waals surface area contributed by atoms with Gasteiger partial charge in [0, 0.05) is 12.7 Å². The number of alkyl halides is 3. The fourth-order valence-corrected chi connectivity index (χ4v) is 2.23. The number of carbonyl (C=O) groups excluding carboxylic acids is 2. The molecular weight excluding hydrogens is 335 g/mol. The molecule has 2 aromatic rings. The number of benzene rings is 1. The van der Waals surface area contributed by atoms with Crippen LogP contribution in [0.2, 0.25) is 0 Å². The van der Waals surface area contributed by atoms with Gasteiger partial charge in [0.15, 0.2) is 0 Å². The molecule has 5 nitrogen and oxygen atoms in total. The smallest absolute Gasteiger partial charge is 0.361 e. The number of nitrogens with zero attached hydrogens (tertiary/aromatic N) is 2. The van der Waals surface area contributed by atoms with E-state index in [1.165, 1.54) is 6.07 Å². The first kappa shape index (κ1) is 18.4. The number of nitrogens with two attached hydrogens (primary N) is 1. The lowest BCUT2D eigenvalue weighted by Gasteiger charge is -2.22. The van der Waals surface area contributed by atoms with E-state index in [1.807, 2.05) is 19.1 Å². The highest BCUT2D eigenvalue weighted by molar-refractivity contribution is 6.34. The molecule has 0 radical (unpaired) electrons. The van der Waals surface area contributed by atoms with Gasteiger partial charge in [0.25, 0.3) is 0 Å². The Morgan fingerprint density at radius 2 is 1.80 bits per heavy atom. The Morgan fingerprint density at radius 1 is 1.12 bits per heavy atom. The number of halogens is 3. The minimum absolute atomic E-state index is 0.0944. The molecule has 0 saturated heterocycles. The first-order valence-electron chi connectivity index (χ1n) is 7.34. The van der Waals surface area contributed by atoms with E-state index in [4.69, 9.17) is 5.73 Å². The fraction of sp³-hybridized carbons (Fsp3) is 0.235. The third-order valence-electron chi connectivity index (χ3n) is 3.63. The van der Waals surface area contributed by atoms with E-state index in [-0.39, 0.29) is 18.8 Å². The van der Waals surface area contributed by atoms with Gasteiger partial charge in [-0.15, -0.1) is 0 Å². The zero-order valence-electron chi connectivity index (χ0n) is 13.4. The van der Waals surface area contributed by atoms with E-state index in [1.54, 1.807) is 12.1 Å². The van der Waals surface area contributed by atoms with Crippen LogP contribution >= 0.6 is 0 Å². The average Bonchev–Trinajstić information content (AvgIpc) is 2.55. The number of aryl methyl sites for hydroxylation is 1. The van der Waals surface area contributed by atoms with Gasteiger partial charge in [-0.3, -0.25) is 14.6 Å². The van der Waals surface area contributed by atoms with Gasteiger partial charge in [-0.25, -0.2) is 0 Å². The second-order valence-electron chi connectivity index (χ2n) is 5.49. The first-order chi connectivity index (χ1) is 11.7. The van der Waals surface area contributed by atoms with E-state index in [2.05, 4.69) is 4.98 Å². The summed E-state index contributed by atoms with van der Waals surface area (Å²) in [5, 5.41) is 0. The molecule has 8 heteroatoms. The molecule has 1 aromatic carbocycles. The molecule has 0 spiro atoms. The van der Waals surface area contributed by atoms with Crippen molar-refractivity contribution in [2.24, 2.45) is 5.73 Å². The molecule has 0 atom stereocenters. The Balaban J connectivity index is 2.23. The average molecular weight is 351 g/mol. The maximum absolute atomic E-state index is 12.6. The van der Waals surface area contributed by atoms with Crippen LogP contribution in [0.1, 0.15) is 22.4 Å². The summed E-state index contributed by atoms with van der Waals surface area (Å²) in [5.74, 6) is -2.06. The van der Waals surface area contributed by atoms with Gasteiger partial charge < -0.3 is 10.6 Å². The number of primary amides is 1. The SMILES string of the molecule is Cc1ccccc1CN(Cc1ccc(C(F)(F)F)cn1)C(=O)C(N)=O. The lowest BCUT2D eigenvalue weighted by atomic mass is 10.1. The number of amides is 2. The molecule has 0 bridgehead atoms. The summed E-state index contributed by atoms with van der Waals surface area (Å²) in [4.78, 5) is 28.2. The summed E-state index contributed by atoms with van der Waals surface area (Å²) in [6.45, 7) is 1.81. The zero-order valence-corrected chi connectivity index (χ0v) is 13.4. The van der Waals surface area contributed by atoms with Crippen molar-refractivity contribution in [2.45, 2.75) is 26.2 Å². The van der Waals surface area contributed by atoms with E-state index in [0.717, 1.165) is 22.1 Å². The molecular formula is C17H16F3N3O2. The van der Waals surface area contributed by atoms with Crippen LogP contribution < -0.4 is 5.73 Å². The Labute approximate surface area is 142 Å². The van der Waals surface area contributed by atoms with Crippen molar-refractivity contribution in [3.63, 3.8) is 0 Å². The van der Waals surface area contributed by atoms with Gasteiger partial charge in [0.1, 0.15) is 0 Å². The Hall–Kier alpha value is -2.90. The number of rotatable bonds is 4. The van der Waals surface area contributed by atoms with Gasteiger partial charge in [0.05, 0.1) is 17.8 Å². The van der Waals surface area contributed by atoms with Crippen LogP contribution in [-0.4, -0.2) is 21.7 Å². The lowest BCUT2D eigenvalue weighted by molar-refractivity contribution is -0.145. The number of pyridine rings is 1. The Bertz CT molecular complexity index is 773. The maximum Gasteiger partial charge on any atom is 0.417 e. The number of hydrogen-bond donors (Lipinski definition) is 1. The summed E-state index contributed by atoms with van der Waals surface area (Å²) in [6, 6.07) is 9.29. The summed E-state index contributed by atoms with van der Waals surface area (Å²) < 4.78 is 37.7. The molecule has 0 fully saturated rings. The standard InChI is InChI=1S/C17H16F3N3O2/c1-11-4-2-3-5-12(11)9-23(16(25)15(21)24)10-14-7-6-13(8-22-14)17(18,19)20/h2-8H,9-10H2,1H3,(H2,21,24). The molecule has 132 valence electrons. The van der Waals surface area contributed by atoms with E-state index < -0.39 is 23.6 Å². The summed E-state index contributed by atoms with van der Waals surface area (Å²) in [5.41, 5.74) is 6.10. The first-order valence-corrected chi connectivity index (χ1v) is 7.34. The second-order valence-corrected chi connectivity index (χ2v) is 5.49. The topological polar surface area (TPSA) is 76.3 Å². The zero-order chi connectivity index (χ0) is 18.6. The molecule has 2 N–H and O–H groups in total. The lowest BCUT2D eigenvalue weighted by Crippen LogP contribution is -2.39. The number of carbonyl (C=O) groups is 2. The maximum atomic E-state index is 12.6. The van der Waals surface area contributed by atoms with Crippen LogP contribution in [0.15, 0.2) is 42.6 Å². The van der Waals surface area contributed by atoms with E-state index >= 15 is 0 Å². The highest BCUT2D eigenvalue weighted by Crippen LogP contribution is 2.28. The summed E-state index contributed by atoms with van der Waals surface area (Å²) in [6.07, 6.45) is -3.80. The van der Waals surface area contributed by atoms with E-state index in [0.29, 0.717) is 6.20 Å². The van der Waals surface area contributed by atoms with Crippen molar-refractivity contribution in [2.75, 3.05) is 0 Å². The number of hydrogen-bond acceptors (Lipinski definition) is 3. The predicted molar refractivity (Wildman–Crippen MR) is 83.9 cm³/mol. The second kappa shape index (κ2) is 7.33. The third-order valence-corrected chi connectivity index (χ3v) is 3.63. The van der Waals surface area contributed by atoms with Crippen LogP contribution in [0, 0.1) is 6.92 Å². The minimum Gasteiger partial charge on any atom is -0.361 e. The molecule has 25 heavy (non-hydrogen) atoms. The largest absolute Gasteiger partial charge is 0.417 e. The Kier molecular flexibility index (Phi) is 5.41. The van der Waals surface area contributed by atoms with Crippen molar-refractivity contribution < 1.29 is 22.8 Å². The van der Waals surface area contributed by atoms with E-state index in [9.17, 15) is 22.8 Å². The molecule has 0 saturated carbocycles. The quantitative estimate of drug-likeness (QED) is 0.860. The minimum atomic E-state index is -4.49. The molecule has 0 aliphatic carbocycles. The van der Waals surface area contributed by atoms with Crippen LogP contribution in [-0.2, 0) is 28.9 Å². The number of aromatic nitrogens is 1. The van der Waals surface area contributed by atoms with Crippen LogP contribution in [0.25, 0.3) is 0 Å². The van der Waals surface area contributed by atoms with Crippen molar-refractivity contribution in [1.82, 2.24) is 9.88 Å². The van der Waals surface area contributed by atoms with Crippen LogP contribution in [0.4, 0.5) is 13.2 Å². The predicted octanol–water partition coefficient (Wildman–Crippen LogP) is 2.42. The molecule has 0 unspecified atom stereocenters. The van der Waals surface area contributed by atoms with Crippen molar-refractivity contribution in [3.05, 3.63) is 65.0 Å². The van der Waals surface area contributed by atoms with Gasteiger partial charge in [-0.2, -0.15) is 13.2 Å². The van der Waals surface area contributed by atoms with Gasteiger partial charge in [-0.1, -0.05) is 24.3 Å². The normalized spacial score (nSPS) is 11.2. The molecule has 0 aliphatic rings. The highest BCUT2D eigenvalue weighted by atomic mass is 19.4. The fourth-order valence-electron chi connectivity index (χ4n) is 2.23. The monoisotopic (exact) mass is 351 g/mol. The molecule has 0 aliphatic heterocycles.